The van der Waals surface area contributed by atoms with Crippen molar-refractivity contribution in [1.82, 2.24) is 4.98 Å². The van der Waals surface area contributed by atoms with Crippen molar-refractivity contribution in [3.63, 3.8) is 0 Å². The number of nitrogens with zero attached hydrogens (tertiary/aromatic N) is 1. The minimum atomic E-state index is -2.86. The molecule has 0 aliphatic rings. The predicted molar refractivity (Wildman–Crippen MR) is 53.6 cm³/mol. The second-order valence-corrected chi connectivity index (χ2v) is 3.10. The molecule has 17 heavy (non-hydrogen) atoms. The van der Waals surface area contributed by atoms with Gasteiger partial charge in [-0.3, -0.25) is 4.79 Å². The summed E-state index contributed by atoms with van der Waals surface area (Å²) in [6.07, 6.45) is -2.39. The zero-order valence-corrected chi connectivity index (χ0v) is 9.24. The van der Waals surface area contributed by atoms with Crippen LogP contribution in [0, 0.1) is 0 Å². The van der Waals surface area contributed by atoms with Crippen LogP contribution in [0.3, 0.4) is 0 Å². The summed E-state index contributed by atoms with van der Waals surface area (Å²) >= 11 is 0. The van der Waals surface area contributed by atoms with E-state index in [9.17, 15) is 13.6 Å². The highest BCUT2D eigenvalue weighted by atomic mass is 19.3. The van der Waals surface area contributed by atoms with Crippen LogP contribution in [-0.2, 0) is 11.2 Å². The third-order valence-electron chi connectivity index (χ3n) is 2.11. The average Bonchev–Trinajstić information content (AvgIpc) is 2.27. The molecule has 0 aromatic carbocycles. The number of rotatable bonds is 5. The fourth-order valence-electron chi connectivity index (χ4n) is 1.43. The molecule has 1 aromatic rings. The number of aliphatic carboxylic acids is 1. The molecule has 0 amide bonds. The molecular weight excluding hydrogens is 236 g/mol. The van der Waals surface area contributed by atoms with Crippen LogP contribution >= 0.6 is 0 Å². The molecule has 0 spiro atoms. The Bertz CT molecular complexity index is 423. The highest BCUT2D eigenvalue weighted by molar-refractivity contribution is 5.72. The van der Waals surface area contributed by atoms with Gasteiger partial charge in [-0.25, -0.2) is 13.8 Å². The van der Waals surface area contributed by atoms with Gasteiger partial charge in [0.05, 0.1) is 32.4 Å². The van der Waals surface area contributed by atoms with Crippen molar-refractivity contribution in [2.45, 2.75) is 12.8 Å². The average molecular weight is 247 g/mol. The number of aromatic nitrogens is 1. The number of ether oxygens (including phenoxy) is 2. The van der Waals surface area contributed by atoms with Crippen molar-refractivity contribution in [3.05, 3.63) is 17.3 Å². The summed E-state index contributed by atoms with van der Waals surface area (Å²) in [5.41, 5.74) is -0.670. The summed E-state index contributed by atoms with van der Waals surface area (Å²) in [5.74, 6) is -1.54. The van der Waals surface area contributed by atoms with Gasteiger partial charge in [-0.1, -0.05) is 0 Å². The lowest BCUT2D eigenvalue weighted by Crippen LogP contribution is -2.09. The standard InChI is InChI=1S/C10H11F2NO4/c1-16-6-4-13-10(17-2)5(3-7(14)15)8(6)9(11)12/h4,9H,3H2,1-2H3,(H,14,15). The summed E-state index contributed by atoms with van der Waals surface area (Å²) < 4.78 is 35.3. The van der Waals surface area contributed by atoms with Crippen molar-refractivity contribution in [1.29, 1.82) is 0 Å². The van der Waals surface area contributed by atoms with Crippen LogP contribution in [0.15, 0.2) is 6.20 Å². The fourth-order valence-corrected chi connectivity index (χ4v) is 1.43. The van der Waals surface area contributed by atoms with Crippen LogP contribution in [0.1, 0.15) is 17.6 Å². The van der Waals surface area contributed by atoms with Crippen LogP contribution < -0.4 is 9.47 Å². The molecule has 1 N–H and O–H groups in total. The van der Waals surface area contributed by atoms with E-state index in [4.69, 9.17) is 14.6 Å². The SMILES string of the molecule is COc1cnc(OC)c(CC(=O)O)c1C(F)F. The lowest BCUT2D eigenvalue weighted by atomic mass is 10.1. The van der Waals surface area contributed by atoms with Gasteiger partial charge in [0, 0.05) is 5.56 Å². The predicted octanol–water partition coefficient (Wildman–Crippen LogP) is 1.66. The van der Waals surface area contributed by atoms with Crippen molar-refractivity contribution in [2.75, 3.05) is 14.2 Å². The Morgan fingerprint density at radius 1 is 1.47 bits per heavy atom. The number of carboxylic acids is 1. The van der Waals surface area contributed by atoms with E-state index in [0.29, 0.717) is 0 Å². The monoisotopic (exact) mass is 247 g/mol. The minimum Gasteiger partial charge on any atom is -0.495 e. The first-order valence-corrected chi connectivity index (χ1v) is 4.61. The molecule has 0 aliphatic carbocycles. The molecule has 0 atom stereocenters. The number of hydrogen-bond donors (Lipinski definition) is 1. The first kappa shape index (κ1) is 13.1. The molecule has 0 saturated heterocycles. The zero-order chi connectivity index (χ0) is 13.0. The highest BCUT2D eigenvalue weighted by Gasteiger charge is 2.24. The Labute approximate surface area is 96.0 Å². The van der Waals surface area contributed by atoms with Gasteiger partial charge in [0.2, 0.25) is 5.88 Å². The molecule has 0 unspecified atom stereocenters. The lowest BCUT2D eigenvalue weighted by molar-refractivity contribution is -0.136. The maximum absolute atomic E-state index is 12.9. The molecule has 0 bridgehead atoms. The Kier molecular flexibility index (Phi) is 4.19. The summed E-state index contributed by atoms with van der Waals surface area (Å²) in [5, 5.41) is 8.69. The second kappa shape index (κ2) is 5.42. The number of alkyl halides is 2. The van der Waals surface area contributed by atoms with E-state index in [-0.39, 0.29) is 17.2 Å². The molecule has 1 aromatic heterocycles. The summed E-state index contributed by atoms with van der Waals surface area (Å²) in [4.78, 5) is 14.4. The summed E-state index contributed by atoms with van der Waals surface area (Å²) in [6, 6.07) is 0. The first-order valence-electron chi connectivity index (χ1n) is 4.61. The van der Waals surface area contributed by atoms with E-state index < -0.39 is 24.4 Å². The molecule has 1 heterocycles. The smallest absolute Gasteiger partial charge is 0.308 e. The van der Waals surface area contributed by atoms with Gasteiger partial charge < -0.3 is 14.6 Å². The molecule has 5 nitrogen and oxygen atoms in total. The first-order chi connectivity index (χ1) is 8.01. The summed E-state index contributed by atoms with van der Waals surface area (Å²) in [6.45, 7) is 0. The second-order valence-electron chi connectivity index (χ2n) is 3.10. The number of hydrogen-bond acceptors (Lipinski definition) is 4. The highest BCUT2D eigenvalue weighted by Crippen LogP contribution is 2.35. The number of methoxy groups -OCH3 is 2. The molecule has 0 aliphatic heterocycles. The summed E-state index contributed by atoms with van der Waals surface area (Å²) in [7, 11) is 2.44. The molecule has 94 valence electrons. The molecule has 1 rings (SSSR count). The minimum absolute atomic E-state index is 0.136. The van der Waals surface area contributed by atoms with Gasteiger partial charge in [0.25, 0.3) is 6.43 Å². The van der Waals surface area contributed by atoms with Gasteiger partial charge in [-0.2, -0.15) is 0 Å². The molecule has 7 heteroatoms. The van der Waals surface area contributed by atoms with Crippen LogP contribution in [0.2, 0.25) is 0 Å². The third-order valence-corrected chi connectivity index (χ3v) is 2.11. The number of halogens is 2. The third kappa shape index (κ3) is 2.80. The molecule has 0 radical (unpaired) electrons. The maximum atomic E-state index is 12.9. The zero-order valence-electron chi connectivity index (χ0n) is 9.24. The van der Waals surface area contributed by atoms with Crippen molar-refractivity contribution in [2.24, 2.45) is 0 Å². The molecular formula is C10H11F2NO4. The Morgan fingerprint density at radius 3 is 2.53 bits per heavy atom. The van der Waals surface area contributed by atoms with E-state index in [2.05, 4.69) is 4.98 Å². The Morgan fingerprint density at radius 2 is 2.12 bits per heavy atom. The van der Waals surface area contributed by atoms with Crippen LogP contribution in [0.25, 0.3) is 0 Å². The molecule has 0 fully saturated rings. The van der Waals surface area contributed by atoms with Gasteiger partial charge >= 0.3 is 5.97 Å². The number of carboxylic acid groups (broad SMARTS) is 1. The van der Waals surface area contributed by atoms with Gasteiger partial charge in [0.15, 0.2) is 0 Å². The van der Waals surface area contributed by atoms with Crippen molar-refractivity contribution < 1.29 is 28.2 Å². The molecule has 0 saturated carbocycles. The van der Waals surface area contributed by atoms with E-state index in [1.807, 2.05) is 0 Å². The number of pyridine rings is 1. The van der Waals surface area contributed by atoms with Crippen molar-refractivity contribution >= 4 is 5.97 Å². The van der Waals surface area contributed by atoms with E-state index in [0.717, 1.165) is 6.20 Å². The largest absolute Gasteiger partial charge is 0.495 e. The van der Waals surface area contributed by atoms with Gasteiger partial charge in [0.1, 0.15) is 5.75 Å². The topological polar surface area (TPSA) is 68.7 Å². The maximum Gasteiger partial charge on any atom is 0.308 e. The number of carbonyl (C=O) groups is 1. The lowest BCUT2D eigenvalue weighted by Gasteiger charge is -2.14. The van der Waals surface area contributed by atoms with E-state index in [1.165, 1.54) is 14.2 Å². The fraction of sp³-hybridized carbons (Fsp3) is 0.400. The van der Waals surface area contributed by atoms with Crippen LogP contribution in [0.4, 0.5) is 8.78 Å². The Balaban J connectivity index is 3.40. The van der Waals surface area contributed by atoms with E-state index >= 15 is 0 Å². The Hall–Kier alpha value is -1.92. The van der Waals surface area contributed by atoms with Gasteiger partial charge in [-0.15, -0.1) is 0 Å². The van der Waals surface area contributed by atoms with Gasteiger partial charge in [-0.05, 0) is 0 Å². The van der Waals surface area contributed by atoms with Crippen LogP contribution in [0.5, 0.6) is 11.6 Å². The van der Waals surface area contributed by atoms with Crippen LogP contribution in [-0.4, -0.2) is 30.3 Å². The normalized spacial score (nSPS) is 10.4. The quantitative estimate of drug-likeness (QED) is 0.857. The van der Waals surface area contributed by atoms with Crippen molar-refractivity contribution in [3.8, 4) is 11.6 Å². The van der Waals surface area contributed by atoms with E-state index in [1.54, 1.807) is 0 Å².